The maximum Gasteiger partial charge on any atom is 0.166 e. The number of nitrogens with zero attached hydrogens (tertiary/aromatic N) is 1. The van der Waals surface area contributed by atoms with Crippen LogP contribution in [0.5, 0.6) is 0 Å². The summed E-state index contributed by atoms with van der Waals surface area (Å²) in [7, 11) is 0. The minimum absolute atomic E-state index is 0.285. The van der Waals surface area contributed by atoms with Crippen LogP contribution in [-0.4, -0.2) is 33.5 Å². The molecule has 0 spiro atoms. The molecule has 1 aromatic heterocycles. The van der Waals surface area contributed by atoms with E-state index in [1.807, 2.05) is 24.3 Å². The minimum atomic E-state index is -0.469. The van der Waals surface area contributed by atoms with Crippen LogP contribution in [0.2, 0.25) is 0 Å². The molecule has 1 heterocycles. The van der Waals surface area contributed by atoms with Gasteiger partial charge in [0.1, 0.15) is 0 Å². The first kappa shape index (κ1) is 10.5. The maximum absolute atomic E-state index is 9.31. The molecule has 0 saturated carbocycles. The average molecular weight is 223 g/mol. The fourth-order valence-corrected chi connectivity index (χ4v) is 2.07. The second-order valence-corrected chi connectivity index (χ2v) is 4.27. The van der Waals surface area contributed by atoms with Gasteiger partial charge in [-0.2, -0.15) is 0 Å². The van der Waals surface area contributed by atoms with Gasteiger partial charge in [-0.1, -0.05) is 23.9 Å². The van der Waals surface area contributed by atoms with Crippen LogP contribution in [-0.2, 0) is 0 Å². The molecule has 4 N–H and O–H groups in total. The molecule has 5 heteroatoms. The number of nitrogens with one attached hydrogen (secondary N) is 1. The molecule has 2 rings (SSSR count). The van der Waals surface area contributed by atoms with Gasteiger partial charge in [-0.3, -0.25) is 0 Å². The lowest BCUT2D eigenvalue weighted by Gasteiger charge is -2.03. The third kappa shape index (κ3) is 2.50. The summed E-state index contributed by atoms with van der Waals surface area (Å²) >= 11 is 1.48. The van der Waals surface area contributed by atoms with Gasteiger partial charge in [0.05, 0.1) is 17.1 Å². The minimum Gasteiger partial charge on any atom is -0.391 e. The number of aliphatic hydroxyl groups is 1. The van der Waals surface area contributed by atoms with Crippen molar-refractivity contribution >= 4 is 22.8 Å². The summed E-state index contributed by atoms with van der Waals surface area (Å²) in [6.45, 7) is 0.285. The molecule has 1 aromatic carbocycles. The number of hydrogen-bond donors (Lipinski definition) is 3. The van der Waals surface area contributed by atoms with Crippen molar-refractivity contribution < 1.29 is 5.11 Å². The lowest BCUT2D eigenvalue weighted by molar-refractivity contribution is 0.208. The third-order valence-corrected chi connectivity index (χ3v) is 3.07. The molecule has 4 nitrogen and oxygen atoms in total. The first-order valence-electron chi connectivity index (χ1n) is 4.75. The quantitative estimate of drug-likeness (QED) is 0.675. The van der Waals surface area contributed by atoms with Crippen LogP contribution < -0.4 is 5.73 Å². The second-order valence-electron chi connectivity index (χ2n) is 3.26. The molecule has 0 fully saturated rings. The molecule has 2 aromatic rings. The fraction of sp³-hybridized carbons (Fsp3) is 0.300. The molecular weight excluding hydrogens is 210 g/mol. The summed E-state index contributed by atoms with van der Waals surface area (Å²) in [6, 6.07) is 7.84. The summed E-state index contributed by atoms with van der Waals surface area (Å²) in [5, 5.41) is 10.1. The maximum atomic E-state index is 9.31. The number of fused-ring (bicyclic) bond motifs is 1. The number of rotatable bonds is 4. The van der Waals surface area contributed by atoms with E-state index in [4.69, 9.17) is 5.73 Å². The standard InChI is InChI=1S/C10H13N3OS/c11-5-7(14)6-15-10-12-8-3-1-2-4-9(8)13-10/h1-4,7,14H,5-6,11H2,(H,12,13). The van der Waals surface area contributed by atoms with E-state index in [9.17, 15) is 5.11 Å². The van der Waals surface area contributed by atoms with Gasteiger partial charge in [0.2, 0.25) is 0 Å². The predicted molar refractivity (Wildman–Crippen MR) is 61.9 cm³/mol. The topological polar surface area (TPSA) is 74.9 Å². The highest BCUT2D eigenvalue weighted by atomic mass is 32.2. The van der Waals surface area contributed by atoms with Gasteiger partial charge in [-0.15, -0.1) is 0 Å². The summed E-state index contributed by atoms with van der Waals surface area (Å²) in [5.41, 5.74) is 7.28. The molecule has 0 bridgehead atoms. The van der Waals surface area contributed by atoms with Gasteiger partial charge >= 0.3 is 0 Å². The van der Waals surface area contributed by atoms with Crippen LogP contribution in [0.15, 0.2) is 29.4 Å². The monoisotopic (exact) mass is 223 g/mol. The molecule has 15 heavy (non-hydrogen) atoms. The Morgan fingerprint density at radius 2 is 2.27 bits per heavy atom. The summed E-state index contributed by atoms with van der Waals surface area (Å²) in [5.74, 6) is 0.566. The van der Waals surface area contributed by atoms with Crippen LogP contribution in [0.3, 0.4) is 0 Å². The van der Waals surface area contributed by atoms with E-state index >= 15 is 0 Å². The van der Waals surface area contributed by atoms with E-state index in [1.165, 1.54) is 11.8 Å². The van der Waals surface area contributed by atoms with E-state index in [0.717, 1.165) is 16.2 Å². The second kappa shape index (κ2) is 4.65. The molecule has 0 radical (unpaired) electrons. The third-order valence-electron chi connectivity index (χ3n) is 2.05. The largest absolute Gasteiger partial charge is 0.391 e. The van der Waals surface area contributed by atoms with Crippen molar-refractivity contribution in [2.45, 2.75) is 11.3 Å². The Bertz CT molecular complexity index is 410. The molecule has 80 valence electrons. The zero-order valence-corrected chi connectivity index (χ0v) is 9.00. The van der Waals surface area contributed by atoms with Crippen molar-refractivity contribution in [2.75, 3.05) is 12.3 Å². The van der Waals surface area contributed by atoms with Gasteiger partial charge in [-0.05, 0) is 12.1 Å². The lowest BCUT2D eigenvalue weighted by Crippen LogP contribution is -2.21. The smallest absolute Gasteiger partial charge is 0.166 e. The summed E-state index contributed by atoms with van der Waals surface area (Å²) in [4.78, 5) is 7.55. The Morgan fingerprint density at radius 1 is 1.47 bits per heavy atom. The zero-order chi connectivity index (χ0) is 10.7. The van der Waals surface area contributed by atoms with Crippen molar-refractivity contribution in [3.8, 4) is 0 Å². The number of aliphatic hydroxyl groups excluding tert-OH is 1. The summed E-state index contributed by atoms with van der Waals surface area (Å²) < 4.78 is 0. The highest BCUT2D eigenvalue weighted by Crippen LogP contribution is 2.19. The molecule has 0 aliphatic heterocycles. The Labute approximate surface area is 91.9 Å². The Morgan fingerprint density at radius 3 is 3.00 bits per heavy atom. The predicted octanol–water partition coefficient (Wildman–Crippen LogP) is 0.975. The van der Waals surface area contributed by atoms with Crippen molar-refractivity contribution in [2.24, 2.45) is 5.73 Å². The van der Waals surface area contributed by atoms with E-state index in [-0.39, 0.29) is 6.54 Å². The molecule has 0 aliphatic carbocycles. The number of aromatic amines is 1. The molecule has 0 amide bonds. The van der Waals surface area contributed by atoms with E-state index in [0.29, 0.717) is 5.75 Å². The van der Waals surface area contributed by atoms with Gasteiger partial charge in [0, 0.05) is 12.3 Å². The van der Waals surface area contributed by atoms with Gasteiger partial charge < -0.3 is 15.8 Å². The van der Waals surface area contributed by atoms with Crippen molar-refractivity contribution in [3.63, 3.8) is 0 Å². The van der Waals surface area contributed by atoms with Gasteiger partial charge in [0.25, 0.3) is 0 Å². The van der Waals surface area contributed by atoms with E-state index in [2.05, 4.69) is 9.97 Å². The van der Waals surface area contributed by atoms with Crippen molar-refractivity contribution in [3.05, 3.63) is 24.3 Å². The number of hydrogen-bond acceptors (Lipinski definition) is 4. The Hall–Kier alpha value is -1.04. The first-order valence-corrected chi connectivity index (χ1v) is 5.74. The van der Waals surface area contributed by atoms with Crippen molar-refractivity contribution in [1.29, 1.82) is 0 Å². The summed E-state index contributed by atoms with van der Waals surface area (Å²) in [6.07, 6.45) is -0.469. The number of para-hydroxylation sites is 2. The number of aromatic nitrogens is 2. The van der Waals surface area contributed by atoms with Crippen LogP contribution in [0.25, 0.3) is 11.0 Å². The Kier molecular flexibility index (Phi) is 3.25. The number of nitrogens with two attached hydrogens (primary N) is 1. The lowest BCUT2D eigenvalue weighted by atomic mass is 10.3. The highest BCUT2D eigenvalue weighted by Gasteiger charge is 2.05. The van der Waals surface area contributed by atoms with Gasteiger partial charge in [0.15, 0.2) is 5.16 Å². The SMILES string of the molecule is NCC(O)CSc1nc2ccccc2[nH]1. The molecule has 0 saturated heterocycles. The zero-order valence-electron chi connectivity index (χ0n) is 8.18. The van der Waals surface area contributed by atoms with Crippen molar-refractivity contribution in [1.82, 2.24) is 9.97 Å². The van der Waals surface area contributed by atoms with Crippen LogP contribution >= 0.6 is 11.8 Å². The van der Waals surface area contributed by atoms with E-state index in [1.54, 1.807) is 0 Å². The molecule has 1 atom stereocenters. The number of thioether (sulfide) groups is 1. The normalized spacial score (nSPS) is 13.2. The Balaban J connectivity index is 2.09. The van der Waals surface area contributed by atoms with Crippen LogP contribution in [0, 0.1) is 0 Å². The molecule has 1 unspecified atom stereocenters. The number of H-pyrrole nitrogens is 1. The fourth-order valence-electron chi connectivity index (χ4n) is 1.24. The van der Waals surface area contributed by atoms with Crippen LogP contribution in [0.4, 0.5) is 0 Å². The first-order chi connectivity index (χ1) is 7.29. The average Bonchev–Trinajstić information content (AvgIpc) is 2.68. The van der Waals surface area contributed by atoms with E-state index < -0.39 is 6.10 Å². The highest BCUT2D eigenvalue weighted by molar-refractivity contribution is 7.99. The molecule has 0 aliphatic rings. The van der Waals surface area contributed by atoms with Gasteiger partial charge in [-0.25, -0.2) is 4.98 Å². The van der Waals surface area contributed by atoms with Crippen LogP contribution in [0.1, 0.15) is 0 Å². The molecular formula is C10H13N3OS. The number of benzene rings is 1. The number of imidazole rings is 1.